The number of hydrogen-bond acceptors (Lipinski definition) is 5. The van der Waals surface area contributed by atoms with Gasteiger partial charge in [0, 0.05) is 13.1 Å². The molecule has 0 saturated carbocycles. The second-order valence-corrected chi connectivity index (χ2v) is 4.85. The number of carbonyl (C=O) groups is 2. The van der Waals surface area contributed by atoms with Crippen LogP contribution in [-0.4, -0.2) is 49.2 Å². The van der Waals surface area contributed by atoms with Crippen molar-refractivity contribution in [1.29, 1.82) is 0 Å². The molecule has 1 heterocycles. The molecule has 1 aliphatic heterocycles. The summed E-state index contributed by atoms with van der Waals surface area (Å²) in [7, 11) is 0. The van der Waals surface area contributed by atoms with Crippen molar-refractivity contribution in [3.8, 4) is 0 Å². The Morgan fingerprint density at radius 3 is 2.16 bits per heavy atom. The molecule has 0 aromatic heterocycles. The monoisotopic (exact) mass is 271 g/mol. The molecule has 0 bridgehead atoms. The van der Waals surface area contributed by atoms with Crippen molar-refractivity contribution in [3.63, 3.8) is 0 Å². The van der Waals surface area contributed by atoms with Gasteiger partial charge in [0.15, 0.2) is 0 Å². The van der Waals surface area contributed by atoms with E-state index in [1.807, 2.05) is 18.7 Å². The summed E-state index contributed by atoms with van der Waals surface area (Å²) in [5.74, 6) is -0.601. The molecule has 5 heteroatoms. The Kier molecular flexibility index (Phi) is 7.48. The molecule has 0 spiro atoms. The Balaban J connectivity index is 2.31. The van der Waals surface area contributed by atoms with Gasteiger partial charge in [-0.1, -0.05) is 26.7 Å². The Bertz CT molecular complexity index is 289. The molecule has 1 saturated heterocycles. The van der Waals surface area contributed by atoms with E-state index in [0.29, 0.717) is 13.2 Å². The normalized spacial score (nSPS) is 15.9. The minimum atomic E-state index is -0.453. The van der Waals surface area contributed by atoms with Gasteiger partial charge < -0.3 is 9.47 Å². The molecule has 0 amide bonds. The molecule has 1 fully saturated rings. The van der Waals surface area contributed by atoms with Crippen molar-refractivity contribution in [3.05, 3.63) is 0 Å². The minimum Gasteiger partial charge on any atom is -0.466 e. The molecule has 1 rings (SSSR count). The number of nitrogens with zero attached hydrogens (tertiary/aromatic N) is 1. The van der Waals surface area contributed by atoms with Crippen molar-refractivity contribution in [2.24, 2.45) is 0 Å². The molecule has 5 nitrogen and oxygen atoms in total. The van der Waals surface area contributed by atoms with Gasteiger partial charge in [-0.15, -0.1) is 0 Å². The Labute approximate surface area is 115 Å². The van der Waals surface area contributed by atoms with Crippen LogP contribution in [0.2, 0.25) is 0 Å². The molecule has 0 N–H and O–H groups in total. The third-order valence-electron chi connectivity index (χ3n) is 3.06. The average molecular weight is 271 g/mol. The summed E-state index contributed by atoms with van der Waals surface area (Å²) in [5.41, 5.74) is 0. The summed E-state index contributed by atoms with van der Waals surface area (Å²) in [6, 6.07) is -0.453. The third kappa shape index (κ3) is 6.57. The van der Waals surface area contributed by atoms with Crippen LogP contribution >= 0.6 is 0 Å². The number of rotatable bonds is 10. The second-order valence-electron chi connectivity index (χ2n) is 4.85. The first-order valence-electron chi connectivity index (χ1n) is 7.25. The van der Waals surface area contributed by atoms with Gasteiger partial charge in [-0.05, 0) is 12.8 Å². The number of hydrogen-bond donors (Lipinski definition) is 0. The highest BCUT2D eigenvalue weighted by Crippen LogP contribution is 2.16. The van der Waals surface area contributed by atoms with Crippen LogP contribution < -0.4 is 0 Å². The number of esters is 2. The smallest absolute Gasteiger partial charge is 0.323 e. The van der Waals surface area contributed by atoms with Crippen molar-refractivity contribution < 1.29 is 19.1 Å². The number of carbonyl (C=O) groups excluding carboxylic acids is 2. The first-order chi connectivity index (χ1) is 9.19. The van der Waals surface area contributed by atoms with Crippen LogP contribution in [0, 0.1) is 0 Å². The van der Waals surface area contributed by atoms with Crippen LogP contribution in [0.3, 0.4) is 0 Å². The molecule has 1 aliphatic rings. The third-order valence-corrected chi connectivity index (χ3v) is 3.06. The summed E-state index contributed by atoms with van der Waals surface area (Å²) in [5, 5.41) is 0. The highest BCUT2D eigenvalue weighted by atomic mass is 16.5. The standard InChI is InChI=1S/C14H25NO4/c1-3-5-9-18-13(16)11-12(15-7-8-15)14(17)19-10-6-4-2/h12H,3-11H2,1-2H3/t12-/m0/s1. The molecule has 0 unspecified atom stereocenters. The lowest BCUT2D eigenvalue weighted by molar-refractivity contribution is -0.154. The Hall–Kier alpha value is -1.10. The summed E-state index contributed by atoms with van der Waals surface area (Å²) < 4.78 is 10.3. The quantitative estimate of drug-likeness (QED) is 0.344. The zero-order chi connectivity index (χ0) is 14.1. The summed E-state index contributed by atoms with van der Waals surface area (Å²) in [6.45, 7) is 6.67. The van der Waals surface area contributed by atoms with Gasteiger partial charge >= 0.3 is 11.9 Å². The van der Waals surface area contributed by atoms with Crippen LogP contribution in [-0.2, 0) is 19.1 Å². The predicted octanol–water partition coefficient (Wildman–Crippen LogP) is 1.75. The second kappa shape index (κ2) is 8.91. The van der Waals surface area contributed by atoms with Gasteiger partial charge in [0.2, 0.25) is 0 Å². The fraction of sp³-hybridized carbons (Fsp3) is 0.857. The van der Waals surface area contributed by atoms with Crippen molar-refractivity contribution in [1.82, 2.24) is 4.90 Å². The zero-order valence-corrected chi connectivity index (χ0v) is 12.0. The zero-order valence-electron chi connectivity index (χ0n) is 12.0. The summed E-state index contributed by atoms with van der Waals surface area (Å²) in [4.78, 5) is 25.5. The first-order valence-corrected chi connectivity index (χ1v) is 7.25. The fourth-order valence-corrected chi connectivity index (χ4v) is 1.69. The lowest BCUT2D eigenvalue weighted by Crippen LogP contribution is -2.34. The highest BCUT2D eigenvalue weighted by Gasteiger charge is 2.36. The average Bonchev–Trinajstić information content (AvgIpc) is 3.20. The van der Waals surface area contributed by atoms with Crippen LogP contribution in [0.5, 0.6) is 0 Å². The summed E-state index contributed by atoms with van der Waals surface area (Å²) >= 11 is 0. The largest absolute Gasteiger partial charge is 0.466 e. The van der Waals surface area contributed by atoms with Gasteiger partial charge in [0.25, 0.3) is 0 Å². The van der Waals surface area contributed by atoms with Gasteiger partial charge in [-0.3, -0.25) is 14.5 Å². The molecule has 0 aromatic rings. The van der Waals surface area contributed by atoms with Gasteiger partial charge in [0.1, 0.15) is 6.04 Å². The van der Waals surface area contributed by atoms with E-state index < -0.39 is 6.04 Å². The van der Waals surface area contributed by atoms with E-state index in [0.717, 1.165) is 38.8 Å². The van der Waals surface area contributed by atoms with Crippen molar-refractivity contribution in [2.75, 3.05) is 26.3 Å². The maximum atomic E-state index is 11.9. The highest BCUT2D eigenvalue weighted by molar-refractivity contribution is 5.83. The van der Waals surface area contributed by atoms with E-state index >= 15 is 0 Å². The first kappa shape index (κ1) is 16.0. The van der Waals surface area contributed by atoms with Crippen LogP contribution in [0.1, 0.15) is 46.0 Å². The molecule has 0 aromatic carbocycles. The maximum Gasteiger partial charge on any atom is 0.323 e. The van der Waals surface area contributed by atoms with Crippen LogP contribution in [0.25, 0.3) is 0 Å². The van der Waals surface area contributed by atoms with Gasteiger partial charge in [-0.25, -0.2) is 0 Å². The van der Waals surface area contributed by atoms with Crippen LogP contribution in [0.4, 0.5) is 0 Å². The van der Waals surface area contributed by atoms with E-state index in [4.69, 9.17) is 9.47 Å². The van der Waals surface area contributed by atoms with E-state index in [9.17, 15) is 9.59 Å². The Morgan fingerprint density at radius 1 is 1.05 bits per heavy atom. The molecule has 110 valence electrons. The maximum absolute atomic E-state index is 11.9. The van der Waals surface area contributed by atoms with E-state index in [2.05, 4.69) is 0 Å². The number of ether oxygens (including phenoxy) is 2. The van der Waals surface area contributed by atoms with E-state index in [1.54, 1.807) is 0 Å². The molecular formula is C14H25NO4. The Morgan fingerprint density at radius 2 is 1.63 bits per heavy atom. The SMILES string of the molecule is CCCCOC(=O)C[C@@H](C(=O)OCCCC)N1CC1. The molecule has 19 heavy (non-hydrogen) atoms. The van der Waals surface area contributed by atoms with E-state index in [-0.39, 0.29) is 18.4 Å². The fourth-order valence-electron chi connectivity index (χ4n) is 1.69. The topological polar surface area (TPSA) is 55.6 Å². The van der Waals surface area contributed by atoms with Crippen LogP contribution in [0.15, 0.2) is 0 Å². The molecule has 0 aliphatic carbocycles. The lowest BCUT2D eigenvalue weighted by Gasteiger charge is -2.16. The van der Waals surface area contributed by atoms with Crippen molar-refractivity contribution >= 4 is 11.9 Å². The minimum absolute atomic E-state index is 0.106. The van der Waals surface area contributed by atoms with Gasteiger partial charge in [-0.2, -0.15) is 0 Å². The number of unbranched alkanes of at least 4 members (excludes halogenated alkanes) is 2. The van der Waals surface area contributed by atoms with Gasteiger partial charge in [0.05, 0.1) is 19.6 Å². The van der Waals surface area contributed by atoms with E-state index in [1.165, 1.54) is 0 Å². The van der Waals surface area contributed by atoms with Crippen molar-refractivity contribution in [2.45, 2.75) is 52.0 Å². The lowest BCUT2D eigenvalue weighted by atomic mass is 10.2. The summed E-state index contributed by atoms with van der Waals surface area (Å²) in [6.07, 6.45) is 3.80. The molecule has 1 atom stereocenters. The predicted molar refractivity (Wildman–Crippen MR) is 71.7 cm³/mol. The molecule has 0 radical (unpaired) electrons. The molecular weight excluding hydrogens is 246 g/mol.